The molecule has 1 heterocycles. The Morgan fingerprint density at radius 2 is 1.93 bits per heavy atom. The second-order valence-corrected chi connectivity index (χ2v) is 5.28. The number of hydrogen-bond acceptors (Lipinski definition) is 3. The molecule has 0 aromatic heterocycles. The van der Waals surface area contributed by atoms with E-state index in [0.717, 1.165) is 6.42 Å². The van der Waals surface area contributed by atoms with Crippen LogP contribution in [0.25, 0.3) is 0 Å². The van der Waals surface area contributed by atoms with E-state index in [2.05, 4.69) is 20.8 Å². The molecule has 0 aromatic rings. The van der Waals surface area contributed by atoms with Crippen molar-refractivity contribution in [2.24, 2.45) is 23.2 Å². The molecule has 0 amide bonds. The summed E-state index contributed by atoms with van der Waals surface area (Å²) in [6.45, 7) is 6.26. The summed E-state index contributed by atoms with van der Waals surface area (Å²) in [7, 11) is 0. The minimum Gasteiger partial charge on any atom is -0.393 e. The second-order valence-electron chi connectivity index (χ2n) is 5.28. The van der Waals surface area contributed by atoms with Gasteiger partial charge in [0.05, 0.1) is 11.8 Å². The molecule has 4 atom stereocenters. The maximum absolute atomic E-state index is 11.6. The van der Waals surface area contributed by atoms with E-state index in [1.807, 2.05) is 0 Å². The molecule has 2 fully saturated rings. The van der Waals surface area contributed by atoms with Crippen LogP contribution in [0.3, 0.4) is 0 Å². The highest BCUT2D eigenvalue weighted by atomic mass is 16.6. The molecule has 4 unspecified atom stereocenters. The minimum atomic E-state index is -0.304. The van der Waals surface area contributed by atoms with Gasteiger partial charge in [0.1, 0.15) is 0 Å². The summed E-state index contributed by atoms with van der Waals surface area (Å²) in [6.07, 6.45) is 0.945. The van der Waals surface area contributed by atoms with E-state index >= 15 is 0 Å². The van der Waals surface area contributed by atoms with Crippen molar-refractivity contribution >= 4 is 11.9 Å². The van der Waals surface area contributed by atoms with Crippen LogP contribution in [0.1, 0.15) is 27.2 Å². The van der Waals surface area contributed by atoms with Gasteiger partial charge in [0, 0.05) is 5.41 Å². The largest absolute Gasteiger partial charge is 0.393 e. The summed E-state index contributed by atoms with van der Waals surface area (Å²) in [4.78, 5) is 23.2. The number of cyclic esters (lactones) is 2. The quantitative estimate of drug-likeness (QED) is 0.344. The molecule has 0 radical (unpaired) electrons. The van der Waals surface area contributed by atoms with Gasteiger partial charge in [0.2, 0.25) is 0 Å². The molecular formula is C12H14O3. The van der Waals surface area contributed by atoms with Gasteiger partial charge in [0.25, 0.3) is 0 Å². The van der Waals surface area contributed by atoms with Crippen LogP contribution < -0.4 is 0 Å². The van der Waals surface area contributed by atoms with Crippen molar-refractivity contribution in [2.75, 3.05) is 0 Å². The predicted molar refractivity (Wildman–Crippen MR) is 52.7 cm³/mol. The van der Waals surface area contributed by atoms with Crippen molar-refractivity contribution in [1.82, 2.24) is 0 Å². The third kappa shape index (κ3) is 0.792. The van der Waals surface area contributed by atoms with Gasteiger partial charge in [-0.3, -0.25) is 9.59 Å². The Labute approximate surface area is 88.5 Å². The van der Waals surface area contributed by atoms with Gasteiger partial charge in [-0.25, -0.2) is 0 Å². The van der Waals surface area contributed by atoms with E-state index in [1.165, 1.54) is 11.1 Å². The molecule has 2 bridgehead atoms. The Balaban J connectivity index is 2.18. The summed E-state index contributed by atoms with van der Waals surface area (Å²) >= 11 is 0. The SMILES string of the molecule is CC1=C(C)C2(C)CC1C1C(=O)OC(=O)C12. The summed E-state index contributed by atoms with van der Waals surface area (Å²) in [5.41, 5.74) is 2.47. The monoisotopic (exact) mass is 206 g/mol. The molecule has 2 aliphatic carbocycles. The Hall–Kier alpha value is -1.12. The number of hydrogen-bond donors (Lipinski definition) is 0. The summed E-state index contributed by atoms with van der Waals surface area (Å²) in [5, 5.41) is 0. The van der Waals surface area contributed by atoms with E-state index in [1.54, 1.807) is 0 Å². The fraction of sp³-hybridized carbons (Fsp3) is 0.667. The zero-order chi connectivity index (χ0) is 11.0. The highest BCUT2D eigenvalue weighted by molar-refractivity contribution is 5.98. The predicted octanol–water partition coefficient (Wildman–Crippen LogP) is 1.68. The normalized spacial score (nSPS) is 47.5. The first-order valence-corrected chi connectivity index (χ1v) is 5.40. The van der Waals surface area contributed by atoms with Crippen LogP contribution in [0.15, 0.2) is 11.1 Å². The maximum atomic E-state index is 11.6. The van der Waals surface area contributed by atoms with Crippen molar-refractivity contribution in [3.63, 3.8) is 0 Å². The van der Waals surface area contributed by atoms with Gasteiger partial charge < -0.3 is 4.74 Å². The first kappa shape index (κ1) is 9.13. The number of allylic oxidation sites excluding steroid dienone is 2. The van der Waals surface area contributed by atoms with Gasteiger partial charge >= 0.3 is 11.9 Å². The van der Waals surface area contributed by atoms with E-state index in [4.69, 9.17) is 4.74 Å². The summed E-state index contributed by atoms with van der Waals surface area (Å²) in [5.74, 6) is -0.753. The van der Waals surface area contributed by atoms with Gasteiger partial charge in [-0.05, 0) is 26.2 Å². The lowest BCUT2D eigenvalue weighted by atomic mass is 9.70. The molecule has 0 spiro atoms. The molecule has 3 heteroatoms. The molecular weight excluding hydrogens is 192 g/mol. The number of carbonyl (C=O) groups excluding carboxylic acids is 2. The van der Waals surface area contributed by atoms with Gasteiger partial charge in [-0.1, -0.05) is 18.1 Å². The number of carbonyl (C=O) groups is 2. The topological polar surface area (TPSA) is 43.4 Å². The first-order valence-electron chi connectivity index (χ1n) is 5.40. The Morgan fingerprint density at radius 1 is 1.27 bits per heavy atom. The van der Waals surface area contributed by atoms with Crippen molar-refractivity contribution in [3.05, 3.63) is 11.1 Å². The molecule has 80 valence electrons. The van der Waals surface area contributed by atoms with Crippen molar-refractivity contribution < 1.29 is 14.3 Å². The Morgan fingerprint density at radius 3 is 2.60 bits per heavy atom. The van der Waals surface area contributed by atoms with Crippen LogP contribution in [0.5, 0.6) is 0 Å². The Kier molecular flexibility index (Phi) is 1.42. The minimum absolute atomic E-state index is 0.122. The van der Waals surface area contributed by atoms with Gasteiger partial charge in [-0.15, -0.1) is 0 Å². The molecule has 3 rings (SSSR count). The average Bonchev–Trinajstić information content (AvgIpc) is 2.70. The van der Waals surface area contributed by atoms with Gasteiger partial charge in [0.15, 0.2) is 0 Å². The zero-order valence-electron chi connectivity index (χ0n) is 9.16. The highest BCUT2D eigenvalue weighted by Gasteiger charge is 2.66. The smallest absolute Gasteiger partial charge is 0.318 e. The second kappa shape index (κ2) is 2.34. The van der Waals surface area contributed by atoms with Crippen LogP contribution in [0.2, 0.25) is 0 Å². The third-order valence-corrected chi connectivity index (χ3v) is 4.85. The lowest BCUT2D eigenvalue weighted by molar-refractivity contribution is -0.155. The summed E-state index contributed by atoms with van der Waals surface area (Å²) in [6, 6.07) is 0. The molecule has 3 nitrogen and oxygen atoms in total. The van der Waals surface area contributed by atoms with E-state index in [0.29, 0.717) is 0 Å². The van der Waals surface area contributed by atoms with E-state index in [9.17, 15) is 9.59 Å². The molecule has 1 saturated carbocycles. The molecule has 1 aliphatic heterocycles. The van der Waals surface area contributed by atoms with E-state index < -0.39 is 0 Å². The first-order chi connectivity index (χ1) is 6.97. The maximum Gasteiger partial charge on any atom is 0.318 e. The summed E-state index contributed by atoms with van der Waals surface area (Å²) < 4.78 is 4.77. The third-order valence-electron chi connectivity index (χ3n) is 4.85. The molecule has 0 N–H and O–H groups in total. The zero-order valence-corrected chi connectivity index (χ0v) is 9.16. The highest BCUT2D eigenvalue weighted by Crippen LogP contribution is 2.64. The van der Waals surface area contributed by atoms with Crippen molar-refractivity contribution in [1.29, 1.82) is 0 Å². The lowest BCUT2D eigenvalue weighted by Crippen LogP contribution is -2.32. The van der Waals surface area contributed by atoms with Crippen LogP contribution in [0, 0.1) is 23.2 Å². The average molecular weight is 206 g/mol. The molecule has 15 heavy (non-hydrogen) atoms. The van der Waals surface area contributed by atoms with Crippen LogP contribution in [-0.4, -0.2) is 11.9 Å². The van der Waals surface area contributed by atoms with Gasteiger partial charge in [-0.2, -0.15) is 0 Å². The molecule has 1 saturated heterocycles. The number of esters is 2. The van der Waals surface area contributed by atoms with Crippen molar-refractivity contribution in [3.8, 4) is 0 Å². The fourth-order valence-electron chi connectivity index (χ4n) is 3.81. The van der Waals surface area contributed by atoms with Crippen molar-refractivity contribution in [2.45, 2.75) is 27.2 Å². The number of fused-ring (bicyclic) bond motifs is 5. The lowest BCUT2D eigenvalue weighted by Gasteiger charge is -2.30. The molecule has 3 aliphatic rings. The van der Waals surface area contributed by atoms with E-state index in [-0.39, 0.29) is 35.1 Å². The number of ether oxygens (including phenoxy) is 1. The van der Waals surface area contributed by atoms with Crippen LogP contribution in [0.4, 0.5) is 0 Å². The van der Waals surface area contributed by atoms with Crippen LogP contribution in [-0.2, 0) is 14.3 Å². The fourth-order valence-corrected chi connectivity index (χ4v) is 3.81. The standard InChI is InChI=1S/C12H14O3/c1-5-6(2)12(3)4-7(5)8-9(12)11(14)15-10(8)13/h7-9H,4H2,1-3H3. The number of rotatable bonds is 0. The Bertz CT molecular complexity index is 421. The molecule has 0 aromatic carbocycles. The van der Waals surface area contributed by atoms with Crippen LogP contribution >= 0.6 is 0 Å².